The van der Waals surface area contributed by atoms with Crippen LogP contribution in [0.4, 0.5) is 15.8 Å². The fourth-order valence-electron chi connectivity index (χ4n) is 1.84. The predicted molar refractivity (Wildman–Crippen MR) is 75.9 cm³/mol. The molecule has 0 aliphatic rings. The lowest BCUT2D eigenvalue weighted by atomic mass is 10.1. The van der Waals surface area contributed by atoms with Crippen LogP contribution in [0.25, 0.3) is 0 Å². The molecule has 3 N–H and O–H groups in total. The van der Waals surface area contributed by atoms with Gasteiger partial charge in [-0.3, -0.25) is 0 Å². The third-order valence-corrected chi connectivity index (χ3v) is 3.19. The number of hydrogen-bond donors (Lipinski definition) is 2. The van der Waals surface area contributed by atoms with Crippen molar-refractivity contribution < 1.29 is 8.81 Å². The molecule has 0 aliphatic heterocycles. The van der Waals surface area contributed by atoms with E-state index in [1.807, 2.05) is 19.1 Å². The number of nitrogen functional groups attached to an aromatic ring is 1. The van der Waals surface area contributed by atoms with Gasteiger partial charge in [-0.15, -0.1) is 0 Å². The quantitative estimate of drug-likeness (QED) is 0.812. The summed E-state index contributed by atoms with van der Waals surface area (Å²) in [6, 6.07) is 6.68. The molecule has 0 bridgehead atoms. The molecule has 0 radical (unpaired) electrons. The molecule has 1 unspecified atom stereocenters. The molecule has 19 heavy (non-hydrogen) atoms. The molecule has 1 aromatic heterocycles. The zero-order valence-electron chi connectivity index (χ0n) is 10.6. The summed E-state index contributed by atoms with van der Waals surface area (Å²) in [6.45, 7) is 2.01. The Bertz CT molecular complexity index is 543. The number of anilines is 2. The molecule has 0 amide bonds. The minimum absolute atomic E-state index is 0.0336. The zero-order chi connectivity index (χ0) is 13.8. The highest BCUT2D eigenvalue weighted by Gasteiger charge is 2.09. The number of nitrogens with one attached hydrogen (secondary N) is 1. The molecular weight excluding hydrogens is 267 g/mol. The third-order valence-electron chi connectivity index (χ3n) is 2.90. The lowest BCUT2D eigenvalue weighted by molar-refractivity contribution is 0.495. The second kappa shape index (κ2) is 5.97. The highest BCUT2D eigenvalue weighted by Crippen LogP contribution is 2.27. The first-order chi connectivity index (χ1) is 9.06. The van der Waals surface area contributed by atoms with Crippen molar-refractivity contribution in [2.45, 2.75) is 25.8 Å². The van der Waals surface area contributed by atoms with E-state index in [4.69, 9.17) is 21.8 Å². The van der Waals surface area contributed by atoms with Crippen molar-refractivity contribution in [3.8, 4) is 0 Å². The number of benzene rings is 1. The Morgan fingerprint density at radius 3 is 2.95 bits per heavy atom. The van der Waals surface area contributed by atoms with E-state index in [1.54, 1.807) is 6.26 Å². The molecule has 1 aromatic carbocycles. The van der Waals surface area contributed by atoms with Crippen molar-refractivity contribution in [3.63, 3.8) is 0 Å². The molecule has 0 spiro atoms. The van der Waals surface area contributed by atoms with Crippen LogP contribution in [0.2, 0.25) is 5.02 Å². The third kappa shape index (κ3) is 3.64. The Morgan fingerprint density at radius 1 is 1.47 bits per heavy atom. The fourth-order valence-corrected chi connectivity index (χ4v) is 2.01. The first-order valence-electron chi connectivity index (χ1n) is 6.09. The number of nitrogens with two attached hydrogens (primary N) is 1. The Hall–Kier alpha value is -1.68. The van der Waals surface area contributed by atoms with Crippen molar-refractivity contribution in [3.05, 3.63) is 47.1 Å². The summed E-state index contributed by atoms with van der Waals surface area (Å²) >= 11 is 5.66. The minimum atomic E-state index is -0.475. The highest BCUT2D eigenvalue weighted by atomic mass is 35.5. The van der Waals surface area contributed by atoms with Gasteiger partial charge in [-0.25, -0.2) is 4.39 Å². The van der Waals surface area contributed by atoms with E-state index in [0.29, 0.717) is 11.4 Å². The van der Waals surface area contributed by atoms with Crippen molar-refractivity contribution >= 4 is 23.0 Å². The first kappa shape index (κ1) is 13.7. The molecule has 2 aromatic rings. The van der Waals surface area contributed by atoms with Crippen molar-refractivity contribution in [2.75, 3.05) is 11.1 Å². The lowest BCUT2D eigenvalue weighted by Crippen LogP contribution is -2.17. The maximum absolute atomic E-state index is 13.4. The second-order valence-corrected chi connectivity index (χ2v) is 4.92. The molecule has 3 nitrogen and oxygen atoms in total. The normalized spacial score (nSPS) is 12.4. The van der Waals surface area contributed by atoms with E-state index < -0.39 is 5.82 Å². The molecular formula is C14H16ClFN2O. The maximum Gasteiger partial charge on any atom is 0.143 e. The van der Waals surface area contributed by atoms with Gasteiger partial charge in [0.05, 0.1) is 22.7 Å². The van der Waals surface area contributed by atoms with E-state index >= 15 is 0 Å². The van der Waals surface area contributed by atoms with Crippen LogP contribution in [-0.2, 0) is 6.42 Å². The number of hydrogen-bond acceptors (Lipinski definition) is 3. The van der Waals surface area contributed by atoms with Gasteiger partial charge in [-0.1, -0.05) is 11.6 Å². The summed E-state index contributed by atoms with van der Waals surface area (Å²) in [7, 11) is 0. The number of rotatable bonds is 5. The molecule has 1 atom stereocenters. The van der Waals surface area contributed by atoms with Gasteiger partial charge in [-0.05, 0) is 31.5 Å². The van der Waals surface area contributed by atoms with Gasteiger partial charge in [0.25, 0.3) is 0 Å². The Kier molecular flexibility index (Phi) is 4.32. The lowest BCUT2D eigenvalue weighted by Gasteiger charge is -2.16. The van der Waals surface area contributed by atoms with Crippen molar-refractivity contribution in [1.29, 1.82) is 0 Å². The van der Waals surface area contributed by atoms with Crippen LogP contribution in [0.15, 0.2) is 34.9 Å². The SMILES string of the molecule is CC(CCc1ccco1)Nc1cc(F)c(Cl)cc1N. The smallest absolute Gasteiger partial charge is 0.143 e. The van der Waals surface area contributed by atoms with Crippen LogP contribution in [0.5, 0.6) is 0 Å². The van der Waals surface area contributed by atoms with Gasteiger partial charge < -0.3 is 15.5 Å². The van der Waals surface area contributed by atoms with Crippen molar-refractivity contribution in [1.82, 2.24) is 0 Å². The van der Waals surface area contributed by atoms with Gasteiger partial charge in [0, 0.05) is 18.5 Å². The molecule has 5 heteroatoms. The second-order valence-electron chi connectivity index (χ2n) is 4.52. The molecule has 0 saturated carbocycles. The van der Waals surface area contributed by atoms with E-state index in [2.05, 4.69) is 5.32 Å². The van der Waals surface area contributed by atoms with Crippen LogP contribution in [0, 0.1) is 5.82 Å². The van der Waals surface area contributed by atoms with Gasteiger partial charge >= 0.3 is 0 Å². The zero-order valence-corrected chi connectivity index (χ0v) is 11.4. The Balaban J connectivity index is 1.95. The molecule has 0 fully saturated rings. The predicted octanol–water partition coefficient (Wildman–Crippen LogP) is 4.09. The summed E-state index contributed by atoms with van der Waals surface area (Å²) in [6.07, 6.45) is 3.33. The number of halogens is 2. The molecule has 102 valence electrons. The van der Waals surface area contributed by atoms with Gasteiger partial charge in [0.2, 0.25) is 0 Å². The molecule has 2 rings (SSSR count). The molecule has 0 aliphatic carbocycles. The fraction of sp³-hybridized carbons (Fsp3) is 0.286. The largest absolute Gasteiger partial charge is 0.469 e. The van der Waals surface area contributed by atoms with Crippen LogP contribution >= 0.6 is 11.6 Å². The molecule has 1 heterocycles. The maximum atomic E-state index is 13.4. The monoisotopic (exact) mass is 282 g/mol. The van der Waals surface area contributed by atoms with Crippen LogP contribution < -0.4 is 11.1 Å². The van der Waals surface area contributed by atoms with Gasteiger partial charge in [-0.2, -0.15) is 0 Å². The number of furan rings is 1. The topological polar surface area (TPSA) is 51.2 Å². The standard InChI is InChI=1S/C14H16ClFN2O/c1-9(4-5-10-3-2-6-19-10)18-14-8-12(16)11(15)7-13(14)17/h2-3,6-9,18H,4-5,17H2,1H3. The highest BCUT2D eigenvalue weighted by molar-refractivity contribution is 6.31. The minimum Gasteiger partial charge on any atom is -0.469 e. The van der Waals surface area contributed by atoms with Gasteiger partial charge in [0.15, 0.2) is 0 Å². The number of aryl methyl sites for hydroxylation is 1. The summed E-state index contributed by atoms with van der Waals surface area (Å²) in [5.41, 5.74) is 6.80. The van der Waals surface area contributed by atoms with Crippen LogP contribution in [-0.4, -0.2) is 6.04 Å². The van der Waals surface area contributed by atoms with Crippen LogP contribution in [0.1, 0.15) is 19.1 Å². The van der Waals surface area contributed by atoms with Gasteiger partial charge in [0.1, 0.15) is 11.6 Å². The van der Waals surface area contributed by atoms with Crippen LogP contribution in [0.3, 0.4) is 0 Å². The summed E-state index contributed by atoms with van der Waals surface area (Å²) in [5, 5.41) is 3.21. The molecule has 0 saturated heterocycles. The Morgan fingerprint density at radius 2 is 2.26 bits per heavy atom. The summed E-state index contributed by atoms with van der Waals surface area (Å²) in [4.78, 5) is 0. The average molecular weight is 283 g/mol. The van der Waals surface area contributed by atoms with E-state index in [1.165, 1.54) is 12.1 Å². The van der Waals surface area contributed by atoms with Crippen molar-refractivity contribution in [2.24, 2.45) is 0 Å². The van der Waals surface area contributed by atoms with E-state index in [-0.39, 0.29) is 11.1 Å². The average Bonchev–Trinajstić information content (AvgIpc) is 2.86. The summed E-state index contributed by atoms with van der Waals surface area (Å²) in [5.74, 6) is 0.459. The Labute approximate surface area is 116 Å². The van der Waals surface area contributed by atoms with E-state index in [9.17, 15) is 4.39 Å². The van der Waals surface area contributed by atoms with E-state index in [0.717, 1.165) is 18.6 Å². The summed E-state index contributed by atoms with van der Waals surface area (Å²) < 4.78 is 18.6. The first-order valence-corrected chi connectivity index (χ1v) is 6.47.